The van der Waals surface area contributed by atoms with Gasteiger partial charge in [0.2, 0.25) is 0 Å². The highest BCUT2D eigenvalue weighted by Gasteiger charge is 2.07. The lowest BCUT2D eigenvalue weighted by molar-refractivity contribution is 0.909. The Morgan fingerprint density at radius 2 is 1.76 bits per heavy atom. The normalized spacial score (nSPS) is 13.1. The van der Waals surface area contributed by atoms with E-state index < -0.39 is 0 Å². The minimum atomic E-state index is 0.488. The Kier molecular flexibility index (Phi) is 9.14. The lowest BCUT2D eigenvalue weighted by Crippen LogP contribution is -1.95. The van der Waals surface area contributed by atoms with Crippen molar-refractivity contribution in [3.05, 3.63) is 59.7 Å². The van der Waals surface area contributed by atoms with Gasteiger partial charge in [-0.2, -0.15) is 0 Å². The maximum absolute atomic E-state index is 2.30. The van der Waals surface area contributed by atoms with E-state index in [1.807, 2.05) is 13.8 Å². The van der Waals surface area contributed by atoms with Crippen molar-refractivity contribution >= 4 is 0 Å². The van der Waals surface area contributed by atoms with Crippen LogP contribution in [0.4, 0.5) is 0 Å². The van der Waals surface area contributed by atoms with Crippen molar-refractivity contribution in [2.45, 2.75) is 47.0 Å². The minimum Gasteiger partial charge on any atom is -0.0874 e. The van der Waals surface area contributed by atoms with Crippen molar-refractivity contribution in [3.8, 4) is 0 Å². The SMILES string of the molecule is C/C=C\C(=C/CC)C(C)c1ccccc1.CC. The fourth-order valence-electron chi connectivity index (χ4n) is 1.75. The predicted molar refractivity (Wildman–Crippen MR) is 79.4 cm³/mol. The van der Waals surface area contributed by atoms with E-state index in [9.17, 15) is 0 Å². The molecule has 0 bridgehead atoms. The second kappa shape index (κ2) is 9.89. The van der Waals surface area contributed by atoms with Crippen LogP contribution in [0, 0.1) is 0 Å². The highest BCUT2D eigenvalue weighted by Crippen LogP contribution is 2.24. The van der Waals surface area contributed by atoms with Crippen LogP contribution in [0.15, 0.2) is 54.1 Å². The zero-order chi connectivity index (χ0) is 13.1. The van der Waals surface area contributed by atoms with Crippen LogP contribution in [0.25, 0.3) is 0 Å². The van der Waals surface area contributed by atoms with Crippen LogP contribution >= 0.6 is 0 Å². The quantitative estimate of drug-likeness (QED) is 0.579. The average molecular weight is 230 g/mol. The van der Waals surface area contributed by atoms with Gasteiger partial charge in [0.25, 0.3) is 0 Å². The Labute approximate surface area is 107 Å². The molecule has 0 saturated carbocycles. The standard InChI is InChI=1S/C15H20.C2H6/c1-4-9-14(10-5-2)13(3)15-11-7-6-8-12-15;1-2/h4,6-13H,5H2,1-3H3;1-2H3/b9-4-,14-10+;. The smallest absolute Gasteiger partial charge is 0.00577 e. The summed E-state index contributed by atoms with van der Waals surface area (Å²) in [5, 5.41) is 0. The van der Waals surface area contributed by atoms with Gasteiger partial charge in [0.1, 0.15) is 0 Å². The first-order valence-corrected chi connectivity index (χ1v) is 6.67. The van der Waals surface area contributed by atoms with Crippen molar-refractivity contribution in [3.63, 3.8) is 0 Å². The van der Waals surface area contributed by atoms with E-state index in [-0.39, 0.29) is 0 Å². The lowest BCUT2D eigenvalue weighted by Gasteiger charge is -2.13. The minimum absolute atomic E-state index is 0.488. The second-order valence-electron chi connectivity index (χ2n) is 3.74. The molecule has 0 aliphatic rings. The summed E-state index contributed by atoms with van der Waals surface area (Å²) >= 11 is 0. The van der Waals surface area contributed by atoms with Crippen LogP contribution in [-0.2, 0) is 0 Å². The molecule has 0 aliphatic carbocycles. The first kappa shape index (κ1) is 15.7. The van der Waals surface area contributed by atoms with Gasteiger partial charge in [-0.05, 0) is 24.5 Å². The molecule has 0 saturated heterocycles. The van der Waals surface area contributed by atoms with Gasteiger partial charge >= 0.3 is 0 Å². The van der Waals surface area contributed by atoms with Crippen LogP contribution in [0.2, 0.25) is 0 Å². The van der Waals surface area contributed by atoms with Crippen molar-refractivity contribution in [2.75, 3.05) is 0 Å². The molecule has 0 spiro atoms. The molecule has 0 aromatic heterocycles. The van der Waals surface area contributed by atoms with Gasteiger partial charge < -0.3 is 0 Å². The number of hydrogen-bond donors (Lipinski definition) is 0. The monoisotopic (exact) mass is 230 g/mol. The number of hydrogen-bond acceptors (Lipinski definition) is 0. The van der Waals surface area contributed by atoms with Gasteiger partial charge in [-0.25, -0.2) is 0 Å². The van der Waals surface area contributed by atoms with Crippen molar-refractivity contribution < 1.29 is 0 Å². The molecule has 0 amide bonds. The fourth-order valence-corrected chi connectivity index (χ4v) is 1.75. The maximum atomic E-state index is 2.30. The summed E-state index contributed by atoms with van der Waals surface area (Å²) in [5.74, 6) is 0.488. The third-order valence-electron chi connectivity index (χ3n) is 2.60. The topological polar surface area (TPSA) is 0 Å². The Morgan fingerprint density at radius 1 is 1.18 bits per heavy atom. The van der Waals surface area contributed by atoms with Crippen LogP contribution in [0.5, 0.6) is 0 Å². The Bertz CT molecular complexity index is 330. The maximum Gasteiger partial charge on any atom is 0.00577 e. The summed E-state index contributed by atoms with van der Waals surface area (Å²) in [6, 6.07) is 10.7. The predicted octanol–water partition coefficient (Wildman–Crippen LogP) is 5.73. The molecule has 0 heterocycles. The number of allylic oxidation sites excluding steroid dienone is 4. The first-order chi connectivity index (χ1) is 8.29. The highest BCUT2D eigenvalue weighted by molar-refractivity contribution is 5.33. The van der Waals surface area contributed by atoms with Crippen LogP contribution < -0.4 is 0 Å². The molecule has 0 aliphatic heterocycles. The third-order valence-corrected chi connectivity index (χ3v) is 2.60. The Morgan fingerprint density at radius 3 is 2.24 bits per heavy atom. The summed E-state index contributed by atoms with van der Waals surface area (Å²) < 4.78 is 0. The van der Waals surface area contributed by atoms with E-state index in [0.29, 0.717) is 5.92 Å². The summed E-state index contributed by atoms with van der Waals surface area (Å²) in [7, 11) is 0. The molecule has 94 valence electrons. The molecule has 1 unspecified atom stereocenters. The fraction of sp³-hybridized carbons (Fsp3) is 0.412. The molecule has 1 rings (SSSR count). The molecule has 0 fully saturated rings. The molecule has 0 nitrogen and oxygen atoms in total. The van der Waals surface area contributed by atoms with Crippen molar-refractivity contribution in [1.82, 2.24) is 0 Å². The molecule has 1 aromatic rings. The Balaban J connectivity index is 0.00000121. The van der Waals surface area contributed by atoms with Crippen LogP contribution in [-0.4, -0.2) is 0 Å². The van der Waals surface area contributed by atoms with E-state index in [1.165, 1.54) is 11.1 Å². The van der Waals surface area contributed by atoms with E-state index in [1.54, 1.807) is 0 Å². The molecular weight excluding hydrogens is 204 g/mol. The molecular formula is C17H26. The molecule has 0 heteroatoms. The van der Waals surface area contributed by atoms with E-state index in [2.05, 4.69) is 69.3 Å². The summed E-state index contributed by atoms with van der Waals surface area (Å²) in [4.78, 5) is 0. The van der Waals surface area contributed by atoms with E-state index in [4.69, 9.17) is 0 Å². The van der Waals surface area contributed by atoms with Crippen molar-refractivity contribution in [2.24, 2.45) is 0 Å². The Hall–Kier alpha value is -1.30. The average Bonchev–Trinajstić information content (AvgIpc) is 2.41. The zero-order valence-electron chi connectivity index (χ0n) is 11.9. The van der Waals surface area contributed by atoms with Crippen LogP contribution in [0.1, 0.15) is 52.5 Å². The van der Waals surface area contributed by atoms with E-state index in [0.717, 1.165) is 6.42 Å². The molecule has 1 atom stereocenters. The number of rotatable bonds is 4. The molecule has 1 aromatic carbocycles. The first-order valence-electron chi connectivity index (χ1n) is 6.67. The largest absolute Gasteiger partial charge is 0.0874 e. The zero-order valence-corrected chi connectivity index (χ0v) is 11.9. The van der Waals surface area contributed by atoms with Gasteiger partial charge in [0, 0.05) is 5.92 Å². The third kappa shape index (κ3) is 5.53. The van der Waals surface area contributed by atoms with Crippen LogP contribution in [0.3, 0.4) is 0 Å². The van der Waals surface area contributed by atoms with Gasteiger partial charge in [-0.1, -0.05) is 76.3 Å². The van der Waals surface area contributed by atoms with Crippen molar-refractivity contribution in [1.29, 1.82) is 0 Å². The molecule has 0 N–H and O–H groups in total. The summed E-state index contributed by atoms with van der Waals surface area (Å²) in [6.45, 7) is 10.5. The van der Waals surface area contributed by atoms with Gasteiger partial charge in [0.15, 0.2) is 0 Å². The highest BCUT2D eigenvalue weighted by atomic mass is 14.1. The second-order valence-corrected chi connectivity index (χ2v) is 3.74. The van der Waals surface area contributed by atoms with Gasteiger partial charge in [-0.15, -0.1) is 0 Å². The summed E-state index contributed by atoms with van der Waals surface area (Å²) in [5.41, 5.74) is 2.79. The van der Waals surface area contributed by atoms with Gasteiger partial charge in [-0.3, -0.25) is 0 Å². The number of benzene rings is 1. The van der Waals surface area contributed by atoms with Gasteiger partial charge in [0.05, 0.1) is 0 Å². The molecule has 0 radical (unpaired) electrons. The molecule has 17 heavy (non-hydrogen) atoms. The van der Waals surface area contributed by atoms with E-state index >= 15 is 0 Å². The summed E-state index contributed by atoms with van der Waals surface area (Å²) in [6.07, 6.45) is 7.72. The lowest BCUT2D eigenvalue weighted by atomic mass is 9.92.